The van der Waals surface area contributed by atoms with Crippen LogP contribution in [0.25, 0.3) is 0 Å². The monoisotopic (exact) mass is 215 g/mol. The molecule has 0 aromatic heterocycles. The highest BCUT2D eigenvalue weighted by Gasteiger charge is 2.19. The smallest absolute Gasteiger partial charge is 0.315 e. The summed E-state index contributed by atoms with van der Waals surface area (Å²) < 4.78 is 0. The summed E-state index contributed by atoms with van der Waals surface area (Å²) in [6.45, 7) is 1.80. The van der Waals surface area contributed by atoms with E-state index in [1.165, 1.54) is 18.7 Å². The van der Waals surface area contributed by atoms with Crippen LogP contribution in [-0.4, -0.2) is 35.0 Å². The molecule has 0 aromatic carbocycles. The minimum Gasteiger partial charge on any atom is -0.481 e. The van der Waals surface area contributed by atoms with Gasteiger partial charge in [0.2, 0.25) is 5.91 Å². The first kappa shape index (κ1) is 12.8. The van der Waals surface area contributed by atoms with Crippen LogP contribution in [0.1, 0.15) is 6.92 Å². The first-order valence-electron chi connectivity index (χ1n) is 4.11. The summed E-state index contributed by atoms with van der Waals surface area (Å²) in [4.78, 5) is 21.5. The summed E-state index contributed by atoms with van der Waals surface area (Å²) in [6.07, 6.45) is 5.02. The van der Waals surface area contributed by atoms with E-state index in [9.17, 15) is 9.59 Å². The molecule has 0 bridgehead atoms. The van der Waals surface area contributed by atoms with Gasteiger partial charge in [0.1, 0.15) is 5.92 Å². The van der Waals surface area contributed by atoms with Gasteiger partial charge in [-0.05, 0) is 6.92 Å². The maximum Gasteiger partial charge on any atom is 0.315 e. The molecule has 14 heavy (non-hydrogen) atoms. The summed E-state index contributed by atoms with van der Waals surface area (Å²) in [5, 5.41) is 11.0. The summed E-state index contributed by atoms with van der Waals surface area (Å²) in [7, 11) is 0. The van der Waals surface area contributed by atoms with Gasteiger partial charge in [-0.25, -0.2) is 0 Å². The minimum absolute atomic E-state index is 0.447. The fourth-order valence-electron chi connectivity index (χ4n) is 0.643. The Kier molecular flexibility index (Phi) is 6.68. The molecule has 0 aliphatic carbocycles. The first-order valence-corrected chi connectivity index (χ1v) is 5.26. The van der Waals surface area contributed by atoms with Crippen molar-refractivity contribution in [2.45, 2.75) is 6.92 Å². The second-order valence-electron chi connectivity index (χ2n) is 2.61. The number of nitrogens with one attached hydrogen (secondary N) is 1. The van der Waals surface area contributed by atoms with Gasteiger partial charge in [0.15, 0.2) is 0 Å². The van der Waals surface area contributed by atoms with Crippen molar-refractivity contribution >= 4 is 23.6 Å². The normalized spacial score (nSPS) is 11.4. The van der Waals surface area contributed by atoms with Crippen molar-refractivity contribution in [1.82, 2.24) is 5.32 Å². The van der Waals surface area contributed by atoms with Crippen molar-refractivity contribution in [2.24, 2.45) is 5.92 Å². The van der Waals surface area contributed by atoms with Crippen LogP contribution in [0.3, 0.4) is 0 Å². The molecular formula is C9H13NO3S. The molecule has 0 saturated carbocycles. The van der Waals surface area contributed by atoms with Crippen LogP contribution < -0.4 is 5.32 Å². The van der Waals surface area contributed by atoms with E-state index >= 15 is 0 Å². The Bertz CT molecular complexity index is 247. The van der Waals surface area contributed by atoms with E-state index in [0.717, 1.165) is 0 Å². The predicted molar refractivity (Wildman–Crippen MR) is 56.0 cm³/mol. The van der Waals surface area contributed by atoms with Crippen molar-refractivity contribution in [3.63, 3.8) is 0 Å². The van der Waals surface area contributed by atoms with Crippen molar-refractivity contribution in [3.8, 4) is 12.3 Å². The summed E-state index contributed by atoms with van der Waals surface area (Å²) in [6, 6.07) is 0. The van der Waals surface area contributed by atoms with Crippen LogP contribution >= 0.6 is 11.8 Å². The Hall–Kier alpha value is -1.15. The number of carboxylic acid groups (broad SMARTS) is 1. The molecule has 2 N–H and O–H groups in total. The Morgan fingerprint density at radius 2 is 2.29 bits per heavy atom. The van der Waals surface area contributed by atoms with E-state index in [2.05, 4.69) is 11.2 Å². The number of hydrogen-bond donors (Lipinski definition) is 2. The van der Waals surface area contributed by atoms with Crippen molar-refractivity contribution < 1.29 is 14.7 Å². The van der Waals surface area contributed by atoms with Crippen LogP contribution in [0, 0.1) is 18.3 Å². The zero-order valence-electron chi connectivity index (χ0n) is 7.95. The largest absolute Gasteiger partial charge is 0.481 e. The quantitative estimate of drug-likeness (QED) is 0.377. The number of aliphatic carboxylic acids is 1. The van der Waals surface area contributed by atoms with Crippen LogP contribution in [0.15, 0.2) is 0 Å². The van der Waals surface area contributed by atoms with Gasteiger partial charge in [0, 0.05) is 12.3 Å². The lowest BCUT2D eigenvalue weighted by Crippen LogP contribution is -2.34. The lowest BCUT2D eigenvalue weighted by Gasteiger charge is -2.07. The first-order chi connectivity index (χ1) is 6.59. The lowest BCUT2D eigenvalue weighted by atomic mass is 10.2. The number of amides is 1. The molecule has 0 rings (SSSR count). The van der Waals surface area contributed by atoms with Gasteiger partial charge in [0.05, 0.1) is 5.75 Å². The molecule has 0 fully saturated rings. The molecule has 0 aromatic rings. The van der Waals surface area contributed by atoms with Crippen molar-refractivity contribution in [1.29, 1.82) is 0 Å². The molecule has 0 aliphatic rings. The molecule has 0 radical (unpaired) electrons. The Balaban J connectivity index is 3.55. The summed E-state index contributed by atoms with van der Waals surface area (Å²) >= 11 is 1.52. The van der Waals surface area contributed by atoms with Gasteiger partial charge in [-0.2, -0.15) is 0 Å². The Labute approximate surface area is 87.4 Å². The molecule has 1 unspecified atom stereocenters. The molecule has 1 atom stereocenters. The second kappa shape index (κ2) is 7.27. The zero-order valence-corrected chi connectivity index (χ0v) is 8.76. The van der Waals surface area contributed by atoms with E-state index in [4.69, 9.17) is 11.5 Å². The highest BCUT2D eigenvalue weighted by molar-refractivity contribution is 7.99. The minimum atomic E-state index is -1.11. The molecule has 4 nitrogen and oxygen atoms in total. The number of thioether (sulfide) groups is 1. The lowest BCUT2D eigenvalue weighted by molar-refractivity contribution is -0.146. The number of rotatable bonds is 6. The predicted octanol–water partition coefficient (Wildman–Crippen LogP) is 0.190. The molecule has 0 aliphatic heterocycles. The fraction of sp³-hybridized carbons (Fsp3) is 0.556. The fourth-order valence-corrected chi connectivity index (χ4v) is 1.15. The Morgan fingerprint density at radius 3 is 2.79 bits per heavy atom. The van der Waals surface area contributed by atoms with E-state index in [-0.39, 0.29) is 0 Å². The zero-order chi connectivity index (χ0) is 11.0. The van der Waals surface area contributed by atoms with Gasteiger partial charge >= 0.3 is 5.97 Å². The van der Waals surface area contributed by atoms with Gasteiger partial charge < -0.3 is 10.4 Å². The Morgan fingerprint density at radius 1 is 1.64 bits per heavy atom. The number of carbonyl (C=O) groups is 2. The third-order valence-electron chi connectivity index (χ3n) is 1.49. The molecule has 1 amide bonds. The number of carboxylic acids is 1. The second-order valence-corrected chi connectivity index (χ2v) is 3.71. The summed E-state index contributed by atoms with van der Waals surface area (Å²) in [5.41, 5.74) is 0. The SMILES string of the molecule is C#CCSCCNC(=O)C(C)C(=O)O. The number of terminal acetylenes is 1. The number of hydrogen-bond acceptors (Lipinski definition) is 3. The van der Waals surface area contributed by atoms with Gasteiger partial charge in [-0.15, -0.1) is 18.2 Å². The van der Waals surface area contributed by atoms with Crippen LogP contribution in [-0.2, 0) is 9.59 Å². The third-order valence-corrected chi connectivity index (χ3v) is 2.36. The maximum atomic E-state index is 11.1. The van der Waals surface area contributed by atoms with E-state index in [0.29, 0.717) is 18.1 Å². The molecular weight excluding hydrogens is 202 g/mol. The van der Waals surface area contributed by atoms with Crippen LogP contribution in [0.5, 0.6) is 0 Å². The van der Waals surface area contributed by atoms with E-state index < -0.39 is 17.8 Å². The molecule has 0 heterocycles. The topological polar surface area (TPSA) is 66.4 Å². The highest BCUT2D eigenvalue weighted by Crippen LogP contribution is 1.97. The van der Waals surface area contributed by atoms with Crippen LogP contribution in [0.4, 0.5) is 0 Å². The third kappa shape index (κ3) is 5.49. The number of carbonyl (C=O) groups excluding carboxylic acids is 1. The molecule has 0 saturated heterocycles. The summed E-state index contributed by atoms with van der Waals surface area (Å²) in [5.74, 6) is 1.19. The average Bonchev–Trinajstić information content (AvgIpc) is 2.16. The standard InChI is InChI=1S/C9H13NO3S/c1-3-5-14-6-4-10-8(11)7(2)9(12)13/h1,7H,4-6H2,2H3,(H,10,11)(H,12,13). The van der Waals surface area contributed by atoms with Gasteiger partial charge in [0.25, 0.3) is 0 Å². The van der Waals surface area contributed by atoms with E-state index in [1.807, 2.05) is 0 Å². The van der Waals surface area contributed by atoms with Crippen LogP contribution in [0.2, 0.25) is 0 Å². The molecule has 5 heteroatoms. The maximum absolute atomic E-state index is 11.1. The molecule has 0 spiro atoms. The van der Waals surface area contributed by atoms with E-state index in [1.54, 1.807) is 0 Å². The van der Waals surface area contributed by atoms with Gasteiger partial charge in [-0.3, -0.25) is 9.59 Å². The average molecular weight is 215 g/mol. The van der Waals surface area contributed by atoms with Crippen molar-refractivity contribution in [3.05, 3.63) is 0 Å². The van der Waals surface area contributed by atoms with Gasteiger partial charge in [-0.1, -0.05) is 5.92 Å². The molecule has 78 valence electrons. The van der Waals surface area contributed by atoms with Crippen molar-refractivity contribution in [2.75, 3.05) is 18.1 Å². The highest BCUT2D eigenvalue weighted by atomic mass is 32.2.